The molecule has 1 heterocycles. The zero-order valence-corrected chi connectivity index (χ0v) is 11.1. The van der Waals surface area contributed by atoms with Crippen molar-refractivity contribution in [2.24, 2.45) is 0 Å². The highest BCUT2D eigenvalue weighted by Gasteiger charge is 2.03. The van der Waals surface area contributed by atoms with Crippen LogP contribution < -0.4 is 10.1 Å². The summed E-state index contributed by atoms with van der Waals surface area (Å²) in [4.78, 5) is 15.6. The fourth-order valence-electron chi connectivity index (χ4n) is 1.31. The summed E-state index contributed by atoms with van der Waals surface area (Å²) < 4.78 is 6.05. The molecule has 0 unspecified atom stereocenters. The number of ether oxygens (including phenoxy) is 1. The van der Waals surface area contributed by atoms with Crippen LogP contribution in [0, 0.1) is 0 Å². The number of halogens is 1. The lowest BCUT2D eigenvalue weighted by Gasteiger charge is -2.07. The summed E-state index contributed by atoms with van der Waals surface area (Å²) in [6, 6.07) is 12.7. The Labute approximate surface area is 113 Å². The molecule has 0 radical (unpaired) electrons. The lowest BCUT2D eigenvalue weighted by Crippen LogP contribution is -2.20. The van der Waals surface area contributed by atoms with Gasteiger partial charge in [-0.05, 0) is 40.2 Å². The van der Waals surface area contributed by atoms with Crippen molar-refractivity contribution in [2.45, 2.75) is 0 Å². The maximum absolute atomic E-state index is 11.6. The number of carbonyl (C=O) groups excluding carboxylic acids is 1. The predicted octanol–water partition coefficient (Wildman–Crippen LogP) is 2.86. The van der Waals surface area contributed by atoms with Crippen LogP contribution in [0.25, 0.3) is 0 Å². The summed E-state index contributed by atoms with van der Waals surface area (Å²) in [6.07, 6.45) is 1.57. The summed E-state index contributed by atoms with van der Waals surface area (Å²) in [7, 11) is 0. The highest BCUT2D eigenvalue weighted by Crippen LogP contribution is 2.11. The lowest BCUT2D eigenvalue weighted by molar-refractivity contribution is -0.118. The van der Waals surface area contributed by atoms with E-state index in [2.05, 4.69) is 26.2 Å². The monoisotopic (exact) mass is 306 g/mol. The van der Waals surface area contributed by atoms with Gasteiger partial charge in [0.25, 0.3) is 5.91 Å². The van der Waals surface area contributed by atoms with Crippen LogP contribution in [0.2, 0.25) is 0 Å². The van der Waals surface area contributed by atoms with Gasteiger partial charge in [-0.1, -0.05) is 18.2 Å². The number of nitrogens with zero attached hydrogens (tertiary/aromatic N) is 1. The maximum atomic E-state index is 11.6. The molecule has 0 aliphatic rings. The third kappa shape index (κ3) is 3.85. The van der Waals surface area contributed by atoms with E-state index in [0.29, 0.717) is 11.4 Å². The van der Waals surface area contributed by atoms with E-state index in [1.54, 1.807) is 30.5 Å². The molecule has 92 valence electrons. The molecule has 1 aromatic carbocycles. The molecule has 5 heteroatoms. The van der Waals surface area contributed by atoms with Crippen LogP contribution in [0.1, 0.15) is 0 Å². The largest absolute Gasteiger partial charge is 0.484 e. The Morgan fingerprint density at radius 1 is 1.22 bits per heavy atom. The summed E-state index contributed by atoms with van der Waals surface area (Å²) in [5, 5.41) is 2.69. The second kappa shape index (κ2) is 6.16. The quantitative estimate of drug-likeness (QED) is 0.884. The standard InChI is InChI=1S/C13H11BrN2O2/c14-12-7-6-10(8-15-12)16-13(17)9-18-11-4-2-1-3-5-11/h1-8H,9H2,(H,16,17). The van der Waals surface area contributed by atoms with Gasteiger partial charge in [0.2, 0.25) is 0 Å². The topological polar surface area (TPSA) is 51.2 Å². The van der Waals surface area contributed by atoms with Crippen molar-refractivity contribution in [3.05, 3.63) is 53.3 Å². The summed E-state index contributed by atoms with van der Waals surface area (Å²) in [6.45, 7) is -0.0277. The van der Waals surface area contributed by atoms with Crippen LogP contribution in [0.5, 0.6) is 5.75 Å². The molecule has 0 saturated heterocycles. The normalized spacial score (nSPS) is 9.83. The van der Waals surface area contributed by atoms with Crippen LogP contribution in [-0.4, -0.2) is 17.5 Å². The van der Waals surface area contributed by atoms with Crippen molar-refractivity contribution in [2.75, 3.05) is 11.9 Å². The van der Waals surface area contributed by atoms with Crippen molar-refractivity contribution < 1.29 is 9.53 Å². The molecule has 0 aliphatic heterocycles. The number of nitrogens with one attached hydrogen (secondary N) is 1. The Kier molecular flexibility index (Phi) is 4.30. The third-order valence-corrected chi connectivity index (χ3v) is 2.59. The van der Waals surface area contributed by atoms with Gasteiger partial charge in [0.05, 0.1) is 11.9 Å². The second-order valence-electron chi connectivity index (χ2n) is 3.52. The zero-order valence-electron chi connectivity index (χ0n) is 9.47. The van der Waals surface area contributed by atoms with Gasteiger partial charge < -0.3 is 10.1 Å². The molecular formula is C13H11BrN2O2. The van der Waals surface area contributed by atoms with Crippen molar-refractivity contribution in [1.82, 2.24) is 4.98 Å². The molecular weight excluding hydrogens is 296 g/mol. The zero-order chi connectivity index (χ0) is 12.8. The SMILES string of the molecule is O=C(COc1ccccc1)Nc1ccc(Br)nc1. The van der Waals surface area contributed by atoms with Crippen LogP contribution in [-0.2, 0) is 4.79 Å². The highest BCUT2D eigenvalue weighted by molar-refractivity contribution is 9.10. The van der Waals surface area contributed by atoms with Crippen LogP contribution >= 0.6 is 15.9 Å². The Morgan fingerprint density at radius 2 is 2.00 bits per heavy atom. The number of hydrogen-bond acceptors (Lipinski definition) is 3. The lowest BCUT2D eigenvalue weighted by atomic mass is 10.3. The Balaban J connectivity index is 1.84. The van der Waals surface area contributed by atoms with Gasteiger partial charge in [0.1, 0.15) is 10.4 Å². The predicted molar refractivity (Wildman–Crippen MR) is 72.5 cm³/mol. The van der Waals surface area contributed by atoms with E-state index >= 15 is 0 Å². The van der Waals surface area contributed by atoms with Crippen LogP contribution in [0.4, 0.5) is 5.69 Å². The van der Waals surface area contributed by atoms with Gasteiger partial charge in [-0.15, -0.1) is 0 Å². The number of para-hydroxylation sites is 1. The first kappa shape index (κ1) is 12.6. The molecule has 0 bridgehead atoms. The average Bonchev–Trinajstić information content (AvgIpc) is 2.40. The van der Waals surface area contributed by atoms with E-state index in [1.807, 2.05) is 18.2 Å². The molecule has 2 aromatic rings. The second-order valence-corrected chi connectivity index (χ2v) is 4.33. The molecule has 0 fully saturated rings. The molecule has 0 aliphatic carbocycles. The number of benzene rings is 1. The smallest absolute Gasteiger partial charge is 0.262 e. The Bertz CT molecular complexity index is 514. The van der Waals surface area contributed by atoms with Gasteiger partial charge in [-0.25, -0.2) is 4.98 Å². The molecule has 1 N–H and O–H groups in total. The van der Waals surface area contributed by atoms with E-state index in [1.165, 1.54) is 0 Å². The molecule has 1 amide bonds. The number of hydrogen-bond donors (Lipinski definition) is 1. The fourth-order valence-corrected chi connectivity index (χ4v) is 1.55. The summed E-state index contributed by atoms with van der Waals surface area (Å²) in [5.74, 6) is 0.449. The highest BCUT2D eigenvalue weighted by atomic mass is 79.9. The minimum absolute atomic E-state index is 0.0277. The number of aromatic nitrogens is 1. The van der Waals surface area contributed by atoms with E-state index < -0.39 is 0 Å². The van der Waals surface area contributed by atoms with E-state index in [0.717, 1.165) is 4.60 Å². The third-order valence-electron chi connectivity index (χ3n) is 2.12. The minimum Gasteiger partial charge on any atom is -0.484 e. The van der Waals surface area contributed by atoms with Crippen LogP contribution in [0.15, 0.2) is 53.3 Å². The number of carbonyl (C=O) groups is 1. The van der Waals surface area contributed by atoms with Crippen molar-refractivity contribution in [3.63, 3.8) is 0 Å². The van der Waals surface area contributed by atoms with Gasteiger partial charge in [-0.3, -0.25) is 4.79 Å². The van der Waals surface area contributed by atoms with E-state index in [9.17, 15) is 4.79 Å². The number of amides is 1. The van der Waals surface area contributed by atoms with Crippen molar-refractivity contribution in [1.29, 1.82) is 0 Å². The first-order valence-electron chi connectivity index (χ1n) is 5.33. The van der Waals surface area contributed by atoms with Gasteiger partial charge in [0.15, 0.2) is 6.61 Å². The maximum Gasteiger partial charge on any atom is 0.262 e. The van der Waals surface area contributed by atoms with E-state index in [-0.39, 0.29) is 12.5 Å². The van der Waals surface area contributed by atoms with Crippen molar-refractivity contribution in [3.8, 4) is 5.75 Å². The first-order chi connectivity index (χ1) is 8.74. The van der Waals surface area contributed by atoms with Crippen molar-refractivity contribution >= 4 is 27.5 Å². The van der Waals surface area contributed by atoms with Gasteiger partial charge >= 0.3 is 0 Å². The van der Waals surface area contributed by atoms with Crippen LogP contribution in [0.3, 0.4) is 0 Å². The molecule has 0 saturated carbocycles. The average molecular weight is 307 g/mol. The molecule has 2 rings (SSSR count). The molecule has 1 aromatic heterocycles. The molecule has 0 spiro atoms. The Hall–Kier alpha value is -1.88. The summed E-state index contributed by atoms with van der Waals surface area (Å²) >= 11 is 3.22. The number of rotatable bonds is 4. The van der Waals surface area contributed by atoms with Gasteiger partial charge in [0, 0.05) is 0 Å². The number of anilines is 1. The molecule has 4 nitrogen and oxygen atoms in total. The Morgan fingerprint density at radius 3 is 2.67 bits per heavy atom. The van der Waals surface area contributed by atoms with Gasteiger partial charge in [-0.2, -0.15) is 0 Å². The fraction of sp³-hybridized carbons (Fsp3) is 0.0769. The first-order valence-corrected chi connectivity index (χ1v) is 6.12. The molecule has 0 atom stereocenters. The number of pyridine rings is 1. The van der Waals surface area contributed by atoms with E-state index in [4.69, 9.17) is 4.74 Å². The summed E-state index contributed by atoms with van der Waals surface area (Å²) in [5.41, 5.74) is 0.639. The minimum atomic E-state index is -0.219. The molecule has 18 heavy (non-hydrogen) atoms.